The third-order valence-electron chi connectivity index (χ3n) is 2.75. The average Bonchev–Trinajstić information content (AvgIpc) is 2.34. The number of rotatable bonds is 6. The van der Waals surface area contributed by atoms with Crippen LogP contribution in [-0.2, 0) is 0 Å². The fourth-order valence-corrected chi connectivity index (χ4v) is 1.60. The van der Waals surface area contributed by atoms with Gasteiger partial charge in [-0.2, -0.15) is 0 Å². The first-order valence-corrected chi connectivity index (χ1v) is 5.82. The molecule has 0 saturated carbocycles. The molecule has 1 aromatic rings. The van der Waals surface area contributed by atoms with Crippen molar-refractivity contribution in [1.29, 1.82) is 0 Å². The zero-order valence-corrected chi connectivity index (χ0v) is 9.95. The fourth-order valence-electron chi connectivity index (χ4n) is 1.60. The van der Waals surface area contributed by atoms with E-state index >= 15 is 0 Å². The molecular weight excluding hydrogens is 221 g/mol. The smallest absolute Gasteiger partial charge is 0.251 e. The third kappa shape index (κ3) is 4.53. The second kappa shape index (κ2) is 7.01. The van der Waals surface area contributed by atoms with E-state index < -0.39 is 5.82 Å². The molecule has 0 spiro atoms. The Bertz CT molecular complexity index is 368. The standard InChI is InChI=1S/C13H18FNO2/c1-2-10(6-7-16)9-15-13(17)11-4-3-5-12(14)8-11/h3-5,8,10,16H,2,6-7,9H2,1H3,(H,15,17). The monoisotopic (exact) mass is 239 g/mol. The van der Waals surface area contributed by atoms with E-state index in [2.05, 4.69) is 5.32 Å². The molecule has 94 valence electrons. The summed E-state index contributed by atoms with van der Waals surface area (Å²) in [6, 6.07) is 5.60. The van der Waals surface area contributed by atoms with Crippen LogP contribution in [0, 0.1) is 11.7 Å². The lowest BCUT2D eigenvalue weighted by atomic mass is 10.0. The lowest BCUT2D eigenvalue weighted by Gasteiger charge is -2.14. The summed E-state index contributed by atoms with van der Waals surface area (Å²) in [5.41, 5.74) is 0.323. The minimum Gasteiger partial charge on any atom is -0.396 e. The van der Waals surface area contributed by atoms with E-state index in [1.165, 1.54) is 18.2 Å². The van der Waals surface area contributed by atoms with E-state index in [1.54, 1.807) is 6.07 Å². The van der Waals surface area contributed by atoms with Crippen molar-refractivity contribution < 1.29 is 14.3 Å². The van der Waals surface area contributed by atoms with Crippen molar-refractivity contribution in [2.75, 3.05) is 13.2 Å². The van der Waals surface area contributed by atoms with Crippen LogP contribution in [-0.4, -0.2) is 24.2 Å². The summed E-state index contributed by atoms with van der Waals surface area (Å²) in [4.78, 5) is 11.7. The molecule has 0 radical (unpaired) electrons. The van der Waals surface area contributed by atoms with Gasteiger partial charge in [-0.05, 0) is 30.5 Å². The maximum atomic E-state index is 12.9. The van der Waals surface area contributed by atoms with Crippen molar-refractivity contribution in [3.05, 3.63) is 35.6 Å². The van der Waals surface area contributed by atoms with Crippen molar-refractivity contribution in [3.8, 4) is 0 Å². The van der Waals surface area contributed by atoms with Crippen LogP contribution in [0.2, 0.25) is 0 Å². The first-order chi connectivity index (χ1) is 8.17. The summed E-state index contributed by atoms with van der Waals surface area (Å²) in [5, 5.41) is 11.6. The van der Waals surface area contributed by atoms with Crippen molar-refractivity contribution in [1.82, 2.24) is 5.32 Å². The first-order valence-electron chi connectivity index (χ1n) is 5.82. The molecule has 0 fully saturated rings. The zero-order chi connectivity index (χ0) is 12.7. The average molecular weight is 239 g/mol. The van der Waals surface area contributed by atoms with E-state index in [4.69, 9.17) is 5.11 Å². The van der Waals surface area contributed by atoms with Crippen LogP contribution in [0.25, 0.3) is 0 Å². The molecular formula is C13H18FNO2. The normalized spacial score (nSPS) is 12.2. The minimum atomic E-state index is -0.417. The van der Waals surface area contributed by atoms with Gasteiger partial charge < -0.3 is 10.4 Å². The number of aliphatic hydroxyl groups excluding tert-OH is 1. The van der Waals surface area contributed by atoms with Crippen LogP contribution in [0.4, 0.5) is 4.39 Å². The topological polar surface area (TPSA) is 49.3 Å². The summed E-state index contributed by atoms with van der Waals surface area (Å²) in [6.07, 6.45) is 1.56. The summed E-state index contributed by atoms with van der Waals surface area (Å²) < 4.78 is 12.9. The number of hydrogen-bond acceptors (Lipinski definition) is 2. The molecule has 1 rings (SSSR count). The van der Waals surface area contributed by atoms with Crippen LogP contribution in [0.15, 0.2) is 24.3 Å². The molecule has 3 nitrogen and oxygen atoms in total. The van der Waals surface area contributed by atoms with Gasteiger partial charge in [0.1, 0.15) is 5.82 Å². The number of hydrogen-bond donors (Lipinski definition) is 2. The van der Waals surface area contributed by atoms with E-state index in [1.807, 2.05) is 6.92 Å². The lowest BCUT2D eigenvalue weighted by Crippen LogP contribution is -2.29. The summed E-state index contributed by atoms with van der Waals surface area (Å²) in [7, 11) is 0. The highest BCUT2D eigenvalue weighted by atomic mass is 19.1. The molecule has 2 N–H and O–H groups in total. The van der Waals surface area contributed by atoms with Gasteiger partial charge in [0, 0.05) is 18.7 Å². The largest absolute Gasteiger partial charge is 0.396 e. The van der Waals surface area contributed by atoms with E-state index in [0.717, 1.165) is 6.42 Å². The quantitative estimate of drug-likeness (QED) is 0.797. The number of amides is 1. The molecule has 1 unspecified atom stereocenters. The SMILES string of the molecule is CCC(CCO)CNC(=O)c1cccc(F)c1. The predicted octanol–water partition coefficient (Wildman–Crippen LogP) is 1.96. The highest BCUT2D eigenvalue weighted by Gasteiger charge is 2.10. The molecule has 0 aliphatic carbocycles. The molecule has 0 heterocycles. The Balaban J connectivity index is 2.49. The Kier molecular flexibility index (Phi) is 5.63. The van der Waals surface area contributed by atoms with E-state index in [0.29, 0.717) is 18.5 Å². The first kappa shape index (κ1) is 13.6. The molecule has 0 aliphatic heterocycles. The predicted molar refractivity (Wildman–Crippen MR) is 64.2 cm³/mol. The number of aliphatic hydroxyl groups is 1. The van der Waals surface area contributed by atoms with Gasteiger partial charge in [-0.1, -0.05) is 19.4 Å². The van der Waals surface area contributed by atoms with Crippen LogP contribution in [0.1, 0.15) is 30.1 Å². The van der Waals surface area contributed by atoms with Crippen molar-refractivity contribution in [3.63, 3.8) is 0 Å². The van der Waals surface area contributed by atoms with Gasteiger partial charge in [-0.25, -0.2) is 4.39 Å². The van der Waals surface area contributed by atoms with Crippen LogP contribution in [0.3, 0.4) is 0 Å². The number of halogens is 1. The van der Waals surface area contributed by atoms with Gasteiger partial charge in [0.05, 0.1) is 0 Å². The zero-order valence-electron chi connectivity index (χ0n) is 9.95. The van der Waals surface area contributed by atoms with Gasteiger partial charge in [0.25, 0.3) is 5.91 Å². The second-order valence-electron chi connectivity index (χ2n) is 4.01. The van der Waals surface area contributed by atoms with Crippen LogP contribution < -0.4 is 5.32 Å². The summed E-state index contributed by atoms with van der Waals surface area (Å²) >= 11 is 0. The molecule has 4 heteroatoms. The van der Waals surface area contributed by atoms with Gasteiger partial charge in [-0.3, -0.25) is 4.79 Å². The Morgan fingerprint density at radius 3 is 2.88 bits per heavy atom. The summed E-state index contributed by atoms with van der Waals surface area (Å²) in [6.45, 7) is 2.63. The molecule has 1 atom stereocenters. The fraction of sp³-hybridized carbons (Fsp3) is 0.462. The highest BCUT2D eigenvalue weighted by Crippen LogP contribution is 2.07. The highest BCUT2D eigenvalue weighted by molar-refractivity contribution is 5.94. The molecule has 0 bridgehead atoms. The van der Waals surface area contributed by atoms with Gasteiger partial charge >= 0.3 is 0 Å². The molecule has 0 aliphatic rings. The molecule has 0 saturated heterocycles. The molecule has 1 aromatic carbocycles. The Morgan fingerprint density at radius 2 is 2.29 bits per heavy atom. The molecule has 1 amide bonds. The Labute approximate surface area is 101 Å². The van der Waals surface area contributed by atoms with E-state index in [-0.39, 0.29) is 18.4 Å². The Morgan fingerprint density at radius 1 is 1.53 bits per heavy atom. The number of benzene rings is 1. The van der Waals surface area contributed by atoms with Gasteiger partial charge in [0.2, 0.25) is 0 Å². The van der Waals surface area contributed by atoms with Crippen molar-refractivity contribution >= 4 is 5.91 Å². The maximum absolute atomic E-state index is 12.9. The van der Waals surface area contributed by atoms with Gasteiger partial charge in [0.15, 0.2) is 0 Å². The second-order valence-corrected chi connectivity index (χ2v) is 4.01. The minimum absolute atomic E-state index is 0.119. The van der Waals surface area contributed by atoms with Crippen LogP contribution in [0.5, 0.6) is 0 Å². The lowest BCUT2D eigenvalue weighted by molar-refractivity contribution is 0.0943. The van der Waals surface area contributed by atoms with E-state index in [9.17, 15) is 9.18 Å². The number of nitrogens with one attached hydrogen (secondary N) is 1. The molecule has 17 heavy (non-hydrogen) atoms. The van der Waals surface area contributed by atoms with Gasteiger partial charge in [-0.15, -0.1) is 0 Å². The molecule has 0 aromatic heterocycles. The number of carbonyl (C=O) groups excluding carboxylic acids is 1. The Hall–Kier alpha value is -1.42. The number of carbonyl (C=O) groups is 1. The van der Waals surface area contributed by atoms with Crippen LogP contribution >= 0.6 is 0 Å². The van der Waals surface area contributed by atoms with Crippen molar-refractivity contribution in [2.24, 2.45) is 5.92 Å². The third-order valence-corrected chi connectivity index (χ3v) is 2.75. The van der Waals surface area contributed by atoms with Crippen molar-refractivity contribution in [2.45, 2.75) is 19.8 Å². The summed E-state index contributed by atoms with van der Waals surface area (Å²) in [5.74, 6) is -0.432. The maximum Gasteiger partial charge on any atom is 0.251 e.